The molecule has 8 heteroatoms. The third-order valence-electron chi connectivity index (χ3n) is 9.82. The minimum Gasteiger partial charge on any atom is -0.446 e. The second-order valence-electron chi connectivity index (χ2n) is 15.1. The standard InChI is InChI=1S/C38H53N5O3/c1-25(2)32-17-10-27(4)22-33(32)46-37(45)42-20-18-29(19-21-42)23-28-11-13-30(14-12-28)39-36(44)40-35-24-34(38(5,6)7)41-43(35)31-15-8-26(3)9-16-31/h8-9,11-16,24-25,27,29,32-33H,10,17-23H2,1-7H3,(H2,39,40,44). The molecule has 0 radical (unpaired) electrons. The Bertz CT molecular complexity index is 1460. The monoisotopic (exact) mass is 627 g/mol. The summed E-state index contributed by atoms with van der Waals surface area (Å²) >= 11 is 0. The van der Waals surface area contributed by atoms with Gasteiger partial charge in [-0.3, -0.25) is 5.32 Å². The number of urea groups is 1. The number of nitrogens with zero attached hydrogens (tertiary/aromatic N) is 3. The van der Waals surface area contributed by atoms with Crippen LogP contribution in [0.5, 0.6) is 0 Å². The predicted molar refractivity (Wildman–Crippen MR) is 186 cm³/mol. The molecule has 3 amide bonds. The summed E-state index contributed by atoms with van der Waals surface area (Å²) in [5.74, 6) is 2.74. The molecule has 1 saturated heterocycles. The van der Waals surface area contributed by atoms with Gasteiger partial charge in [-0.25, -0.2) is 14.3 Å². The Morgan fingerprint density at radius 2 is 1.63 bits per heavy atom. The largest absolute Gasteiger partial charge is 0.446 e. The molecule has 248 valence electrons. The van der Waals surface area contributed by atoms with Crippen molar-refractivity contribution in [3.63, 3.8) is 0 Å². The first kappa shape index (κ1) is 33.6. The highest BCUT2D eigenvalue weighted by Crippen LogP contribution is 2.36. The van der Waals surface area contributed by atoms with E-state index in [0.29, 0.717) is 29.5 Å². The molecule has 5 rings (SSSR count). The van der Waals surface area contributed by atoms with Gasteiger partial charge < -0.3 is 15.0 Å². The number of piperidine rings is 1. The van der Waals surface area contributed by atoms with Crippen molar-refractivity contribution < 1.29 is 14.3 Å². The predicted octanol–water partition coefficient (Wildman–Crippen LogP) is 8.97. The van der Waals surface area contributed by atoms with Gasteiger partial charge in [0.2, 0.25) is 0 Å². The number of ether oxygens (including phenoxy) is 1. The second-order valence-corrected chi connectivity index (χ2v) is 15.1. The van der Waals surface area contributed by atoms with Crippen molar-refractivity contribution in [2.24, 2.45) is 23.7 Å². The average molecular weight is 628 g/mol. The van der Waals surface area contributed by atoms with Gasteiger partial charge >= 0.3 is 12.1 Å². The lowest BCUT2D eigenvalue weighted by atomic mass is 9.75. The Morgan fingerprint density at radius 1 is 0.957 bits per heavy atom. The van der Waals surface area contributed by atoms with E-state index in [1.807, 2.05) is 54.3 Å². The molecular weight excluding hydrogens is 574 g/mol. The van der Waals surface area contributed by atoms with E-state index in [0.717, 1.165) is 67.8 Å². The molecule has 1 aliphatic heterocycles. The topological polar surface area (TPSA) is 88.5 Å². The van der Waals surface area contributed by atoms with Crippen LogP contribution in [0.1, 0.15) is 90.5 Å². The van der Waals surface area contributed by atoms with Crippen LogP contribution < -0.4 is 10.6 Å². The minimum absolute atomic E-state index is 0.0412. The van der Waals surface area contributed by atoms with Crippen molar-refractivity contribution in [1.82, 2.24) is 14.7 Å². The van der Waals surface area contributed by atoms with E-state index >= 15 is 0 Å². The SMILES string of the molecule is Cc1ccc(-n2nc(C(C)(C)C)cc2NC(=O)Nc2ccc(CC3CCN(C(=O)OC4CC(C)CCC4C(C)C)CC3)cc2)cc1. The highest BCUT2D eigenvalue weighted by atomic mass is 16.6. The molecule has 46 heavy (non-hydrogen) atoms. The fourth-order valence-corrected chi connectivity index (χ4v) is 6.83. The third-order valence-corrected chi connectivity index (χ3v) is 9.82. The zero-order valence-electron chi connectivity index (χ0n) is 28.8. The van der Waals surface area contributed by atoms with Gasteiger partial charge in [-0.1, -0.05) is 77.8 Å². The number of hydrogen-bond donors (Lipinski definition) is 2. The Kier molecular flexibility index (Phi) is 10.4. The second kappa shape index (κ2) is 14.3. The Labute approximate surface area is 275 Å². The fourth-order valence-electron chi connectivity index (χ4n) is 6.83. The van der Waals surface area contributed by atoms with Gasteiger partial charge in [-0.2, -0.15) is 5.10 Å². The molecule has 3 aromatic rings. The van der Waals surface area contributed by atoms with Gasteiger partial charge in [0, 0.05) is 30.3 Å². The summed E-state index contributed by atoms with van der Waals surface area (Å²) < 4.78 is 7.89. The van der Waals surface area contributed by atoms with Crippen LogP contribution in [0.3, 0.4) is 0 Å². The molecule has 2 aliphatic rings. The van der Waals surface area contributed by atoms with Crippen LogP contribution in [0.25, 0.3) is 5.69 Å². The van der Waals surface area contributed by atoms with Crippen molar-refractivity contribution in [3.8, 4) is 5.69 Å². The first-order valence-corrected chi connectivity index (χ1v) is 17.2. The maximum absolute atomic E-state index is 13.1. The molecule has 1 saturated carbocycles. The van der Waals surface area contributed by atoms with Crippen molar-refractivity contribution in [2.75, 3.05) is 23.7 Å². The zero-order valence-corrected chi connectivity index (χ0v) is 28.8. The van der Waals surface area contributed by atoms with E-state index in [9.17, 15) is 9.59 Å². The van der Waals surface area contributed by atoms with Crippen LogP contribution in [0, 0.1) is 30.6 Å². The molecule has 1 aliphatic carbocycles. The molecule has 8 nitrogen and oxygen atoms in total. The smallest absolute Gasteiger partial charge is 0.410 e. The van der Waals surface area contributed by atoms with Gasteiger partial charge in [0.15, 0.2) is 0 Å². The first-order valence-electron chi connectivity index (χ1n) is 17.2. The van der Waals surface area contributed by atoms with Crippen LogP contribution in [0.4, 0.5) is 21.1 Å². The summed E-state index contributed by atoms with van der Waals surface area (Å²) in [5, 5.41) is 10.8. The van der Waals surface area contributed by atoms with E-state index in [1.54, 1.807) is 4.68 Å². The Balaban J connectivity index is 1.12. The maximum atomic E-state index is 13.1. The number of rotatable bonds is 7. The molecule has 2 heterocycles. The summed E-state index contributed by atoms with van der Waals surface area (Å²) in [7, 11) is 0. The number of benzene rings is 2. The number of anilines is 2. The lowest BCUT2D eigenvalue weighted by molar-refractivity contribution is -0.0138. The van der Waals surface area contributed by atoms with Gasteiger partial charge in [0.05, 0.1) is 11.4 Å². The lowest BCUT2D eigenvalue weighted by Crippen LogP contribution is -2.43. The molecule has 0 bridgehead atoms. The normalized spacial score (nSPS) is 20.9. The van der Waals surface area contributed by atoms with E-state index in [2.05, 4.69) is 64.3 Å². The highest BCUT2D eigenvalue weighted by molar-refractivity contribution is 5.99. The van der Waals surface area contributed by atoms with E-state index in [4.69, 9.17) is 9.84 Å². The average Bonchev–Trinajstić information content (AvgIpc) is 3.43. The number of nitrogens with one attached hydrogen (secondary N) is 2. The summed E-state index contributed by atoms with van der Waals surface area (Å²) in [6.45, 7) is 16.6. The number of likely N-dealkylation sites (tertiary alicyclic amines) is 1. The van der Waals surface area contributed by atoms with E-state index in [1.165, 1.54) is 12.0 Å². The van der Waals surface area contributed by atoms with Gasteiger partial charge in [0.1, 0.15) is 11.9 Å². The molecule has 3 unspecified atom stereocenters. The molecule has 3 atom stereocenters. The minimum atomic E-state index is -0.317. The summed E-state index contributed by atoms with van der Waals surface area (Å²) in [4.78, 5) is 28.0. The van der Waals surface area contributed by atoms with Gasteiger partial charge in [0.25, 0.3) is 0 Å². The number of carbonyl (C=O) groups excluding carboxylic acids is 2. The number of aryl methyl sites for hydroxylation is 1. The van der Waals surface area contributed by atoms with Crippen molar-refractivity contribution >= 4 is 23.6 Å². The first-order chi connectivity index (χ1) is 21.9. The fraction of sp³-hybridized carbons (Fsp3) is 0.553. The van der Waals surface area contributed by atoms with Crippen LogP contribution in [-0.2, 0) is 16.6 Å². The molecule has 0 spiro atoms. The van der Waals surface area contributed by atoms with Crippen LogP contribution in [0.2, 0.25) is 0 Å². The molecular formula is C38H53N5O3. The Hall–Kier alpha value is -3.81. The zero-order chi connectivity index (χ0) is 33.0. The number of carbonyl (C=O) groups is 2. The van der Waals surface area contributed by atoms with Gasteiger partial charge in [-0.15, -0.1) is 0 Å². The summed E-state index contributed by atoms with van der Waals surface area (Å²) in [6.07, 6.45) is 6.16. The summed E-state index contributed by atoms with van der Waals surface area (Å²) in [6, 6.07) is 17.8. The lowest BCUT2D eigenvalue weighted by Gasteiger charge is -2.39. The molecule has 1 aromatic heterocycles. The number of amides is 3. The van der Waals surface area contributed by atoms with Gasteiger partial charge in [-0.05, 0) is 92.5 Å². The molecule has 2 N–H and O–H groups in total. The molecule has 2 aromatic carbocycles. The van der Waals surface area contributed by atoms with Crippen LogP contribution in [0.15, 0.2) is 54.6 Å². The number of aromatic nitrogens is 2. The van der Waals surface area contributed by atoms with E-state index < -0.39 is 0 Å². The molecule has 2 fully saturated rings. The summed E-state index contributed by atoms with van der Waals surface area (Å²) in [5.41, 5.74) is 4.75. The maximum Gasteiger partial charge on any atom is 0.410 e. The van der Waals surface area contributed by atoms with E-state index in [-0.39, 0.29) is 23.6 Å². The van der Waals surface area contributed by atoms with Crippen molar-refractivity contribution in [1.29, 1.82) is 0 Å². The van der Waals surface area contributed by atoms with Crippen LogP contribution in [-0.4, -0.2) is 46.0 Å². The highest BCUT2D eigenvalue weighted by Gasteiger charge is 2.35. The van der Waals surface area contributed by atoms with Crippen molar-refractivity contribution in [2.45, 2.75) is 98.5 Å². The van der Waals surface area contributed by atoms with Crippen LogP contribution >= 0.6 is 0 Å². The number of hydrogen-bond acceptors (Lipinski definition) is 4. The third kappa shape index (κ3) is 8.51. The van der Waals surface area contributed by atoms with Crippen molar-refractivity contribution in [3.05, 3.63) is 71.4 Å². The Morgan fingerprint density at radius 3 is 2.26 bits per heavy atom. The quantitative estimate of drug-likeness (QED) is 0.274.